The highest BCUT2D eigenvalue weighted by Crippen LogP contribution is 2.28. The molecule has 1 aliphatic heterocycles. The number of piperazine rings is 1. The van der Waals surface area contributed by atoms with Crippen molar-refractivity contribution >= 4 is 15.9 Å². The van der Waals surface area contributed by atoms with Crippen LogP contribution in [-0.4, -0.2) is 62.8 Å². The second kappa shape index (κ2) is 9.66. The first-order valence-corrected chi connectivity index (χ1v) is 11.5. The van der Waals surface area contributed by atoms with Crippen LogP contribution in [0.5, 0.6) is 0 Å². The Balaban J connectivity index is 1.34. The molecule has 0 radical (unpaired) electrons. The summed E-state index contributed by atoms with van der Waals surface area (Å²) in [5.41, 5.74) is 0. The maximum Gasteiger partial charge on any atom is 0.243 e. The van der Waals surface area contributed by atoms with Gasteiger partial charge in [-0.25, -0.2) is 8.42 Å². The molecule has 1 aliphatic carbocycles. The molecule has 1 heterocycles. The van der Waals surface area contributed by atoms with Gasteiger partial charge in [0, 0.05) is 45.7 Å². The fourth-order valence-corrected chi connectivity index (χ4v) is 5.45. The smallest absolute Gasteiger partial charge is 0.243 e. The molecule has 1 aromatic carbocycles. The Bertz CT molecular complexity index is 694. The predicted octanol–water partition coefficient (Wildman–Crippen LogP) is 2.08. The largest absolute Gasteiger partial charge is 0.355 e. The molecule has 0 unspecified atom stereocenters. The molecular formula is C20H31N3O3S. The molecule has 1 aromatic rings. The maximum absolute atomic E-state index is 12.6. The molecule has 6 nitrogen and oxygen atoms in total. The number of carbonyl (C=O) groups is 1. The summed E-state index contributed by atoms with van der Waals surface area (Å²) in [5, 5.41) is 3.01. The number of amides is 1. The van der Waals surface area contributed by atoms with Gasteiger partial charge >= 0.3 is 0 Å². The van der Waals surface area contributed by atoms with Crippen LogP contribution >= 0.6 is 0 Å². The van der Waals surface area contributed by atoms with Crippen molar-refractivity contribution in [3.05, 3.63) is 30.3 Å². The van der Waals surface area contributed by atoms with Gasteiger partial charge in [0.15, 0.2) is 0 Å². The van der Waals surface area contributed by atoms with Gasteiger partial charge in [-0.2, -0.15) is 4.31 Å². The van der Waals surface area contributed by atoms with Gasteiger partial charge in [0.1, 0.15) is 0 Å². The zero-order chi connectivity index (χ0) is 19.1. The number of rotatable bonds is 8. The first kappa shape index (κ1) is 20.3. The summed E-state index contributed by atoms with van der Waals surface area (Å²) in [5.74, 6) is 0.891. The van der Waals surface area contributed by atoms with E-state index in [0.29, 0.717) is 44.0 Å². The van der Waals surface area contributed by atoms with Crippen LogP contribution in [0.1, 0.15) is 38.5 Å². The van der Waals surface area contributed by atoms with Crippen LogP contribution in [0.15, 0.2) is 35.2 Å². The fourth-order valence-electron chi connectivity index (χ4n) is 4.01. The van der Waals surface area contributed by atoms with Crippen molar-refractivity contribution in [2.24, 2.45) is 5.92 Å². The van der Waals surface area contributed by atoms with Gasteiger partial charge in [0.2, 0.25) is 15.9 Å². The van der Waals surface area contributed by atoms with E-state index in [-0.39, 0.29) is 5.91 Å². The van der Waals surface area contributed by atoms with Crippen LogP contribution in [0, 0.1) is 5.92 Å². The number of hydrogen-bond acceptors (Lipinski definition) is 4. The zero-order valence-corrected chi connectivity index (χ0v) is 16.8. The van der Waals surface area contributed by atoms with Crippen molar-refractivity contribution in [1.29, 1.82) is 0 Å². The van der Waals surface area contributed by atoms with E-state index in [9.17, 15) is 13.2 Å². The summed E-state index contributed by atoms with van der Waals surface area (Å²) in [6, 6.07) is 8.60. The normalized spacial score (nSPS) is 20.0. The lowest BCUT2D eigenvalue weighted by Crippen LogP contribution is -2.50. The molecule has 3 rings (SSSR count). The number of nitrogens with zero attached hydrogens (tertiary/aromatic N) is 2. The van der Waals surface area contributed by atoms with E-state index in [1.54, 1.807) is 28.6 Å². The summed E-state index contributed by atoms with van der Waals surface area (Å²) >= 11 is 0. The van der Waals surface area contributed by atoms with Gasteiger partial charge in [-0.15, -0.1) is 0 Å². The van der Waals surface area contributed by atoms with Crippen LogP contribution < -0.4 is 5.32 Å². The van der Waals surface area contributed by atoms with E-state index in [4.69, 9.17) is 0 Å². The number of benzene rings is 1. The van der Waals surface area contributed by atoms with Gasteiger partial charge in [-0.1, -0.05) is 43.9 Å². The van der Waals surface area contributed by atoms with E-state index >= 15 is 0 Å². The second-order valence-electron chi connectivity index (χ2n) is 7.60. The minimum Gasteiger partial charge on any atom is -0.355 e. The Labute approximate surface area is 163 Å². The molecule has 0 atom stereocenters. The third kappa shape index (κ3) is 5.77. The van der Waals surface area contributed by atoms with Gasteiger partial charge in [-0.3, -0.25) is 9.69 Å². The Morgan fingerprint density at radius 1 is 1.04 bits per heavy atom. The summed E-state index contributed by atoms with van der Waals surface area (Å²) < 4.78 is 26.8. The zero-order valence-electron chi connectivity index (χ0n) is 16.0. The molecule has 1 amide bonds. The van der Waals surface area contributed by atoms with Crippen LogP contribution in [0.2, 0.25) is 0 Å². The van der Waals surface area contributed by atoms with E-state index in [0.717, 1.165) is 18.9 Å². The van der Waals surface area contributed by atoms with E-state index in [1.807, 2.05) is 6.07 Å². The lowest BCUT2D eigenvalue weighted by molar-refractivity contribution is -0.121. The Kier molecular flexibility index (Phi) is 7.26. The molecule has 2 fully saturated rings. The summed E-state index contributed by atoms with van der Waals surface area (Å²) in [6.45, 7) is 3.79. The van der Waals surface area contributed by atoms with Gasteiger partial charge in [-0.05, 0) is 24.5 Å². The Morgan fingerprint density at radius 3 is 2.37 bits per heavy atom. The second-order valence-corrected chi connectivity index (χ2v) is 9.54. The molecule has 1 saturated carbocycles. The lowest BCUT2D eigenvalue weighted by atomic mass is 10.0. The molecule has 7 heteroatoms. The van der Waals surface area contributed by atoms with E-state index in [2.05, 4.69) is 10.2 Å². The standard InChI is InChI=1S/C20H31N3O3S/c24-20(11-10-18-6-4-5-7-18)21-12-13-22-14-16-23(17-15-22)27(25,26)19-8-2-1-3-9-19/h1-3,8-9,18H,4-7,10-17H2,(H,21,24). The molecular weight excluding hydrogens is 362 g/mol. The van der Waals surface area contributed by atoms with Gasteiger partial charge in [0.25, 0.3) is 0 Å². The van der Waals surface area contributed by atoms with Crippen LogP contribution in [0.25, 0.3) is 0 Å². The third-order valence-corrected chi connectivity index (χ3v) is 7.63. The maximum atomic E-state index is 12.6. The topological polar surface area (TPSA) is 69.7 Å². The van der Waals surface area contributed by atoms with Crippen molar-refractivity contribution in [3.63, 3.8) is 0 Å². The number of hydrogen-bond donors (Lipinski definition) is 1. The Hall–Kier alpha value is -1.44. The van der Waals surface area contributed by atoms with Crippen molar-refractivity contribution in [1.82, 2.24) is 14.5 Å². The molecule has 0 bridgehead atoms. The van der Waals surface area contributed by atoms with Crippen LogP contribution in [0.3, 0.4) is 0 Å². The van der Waals surface area contributed by atoms with Crippen molar-refractivity contribution < 1.29 is 13.2 Å². The van der Waals surface area contributed by atoms with E-state index < -0.39 is 10.0 Å². The number of nitrogens with one attached hydrogen (secondary N) is 1. The fraction of sp³-hybridized carbons (Fsp3) is 0.650. The first-order chi connectivity index (χ1) is 13.1. The minimum absolute atomic E-state index is 0.146. The monoisotopic (exact) mass is 393 g/mol. The SMILES string of the molecule is O=C(CCC1CCCC1)NCCN1CCN(S(=O)(=O)c2ccccc2)CC1. The third-order valence-electron chi connectivity index (χ3n) is 5.72. The molecule has 0 aromatic heterocycles. The quantitative estimate of drug-likeness (QED) is 0.734. The predicted molar refractivity (Wildman–Crippen MR) is 106 cm³/mol. The average molecular weight is 394 g/mol. The number of sulfonamides is 1. The van der Waals surface area contributed by atoms with Crippen LogP contribution in [0.4, 0.5) is 0 Å². The molecule has 0 spiro atoms. The minimum atomic E-state index is -3.40. The number of carbonyl (C=O) groups excluding carboxylic acids is 1. The average Bonchev–Trinajstić information content (AvgIpc) is 3.21. The highest BCUT2D eigenvalue weighted by molar-refractivity contribution is 7.89. The molecule has 1 N–H and O–H groups in total. The molecule has 1 saturated heterocycles. The molecule has 27 heavy (non-hydrogen) atoms. The molecule has 2 aliphatic rings. The molecule has 150 valence electrons. The Morgan fingerprint density at radius 2 is 1.70 bits per heavy atom. The van der Waals surface area contributed by atoms with E-state index in [1.165, 1.54) is 25.7 Å². The highest BCUT2D eigenvalue weighted by Gasteiger charge is 2.28. The summed E-state index contributed by atoms with van der Waals surface area (Å²) in [4.78, 5) is 14.5. The summed E-state index contributed by atoms with van der Waals surface area (Å²) in [7, 11) is -3.40. The lowest BCUT2D eigenvalue weighted by Gasteiger charge is -2.33. The van der Waals surface area contributed by atoms with Crippen molar-refractivity contribution in [3.8, 4) is 0 Å². The van der Waals surface area contributed by atoms with Crippen LogP contribution in [-0.2, 0) is 14.8 Å². The first-order valence-electron chi connectivity index (χ1n) is 10.1. The van der Waals surface area contributed by atoms with Gasteiger partial charge in [0.05, 0.1) is 4.90 Å². The summed E-state index contributed by atoms with van der Waals surface area (Å²) in [6.07, 6.45) is 6.85. The van der Waals surface area contributed by atoms with Gasteiger partial charge < -0.3 is 5.32 Å². The highest BCUT2D eigenvalue weighted by atomic mass is 32.2. The van der Waals surface area contributed by atoms with Crippen molar-refractivity contribution in [2.45, 2.75) is 43.4 Å². The van der Waals surface area contributed by atoms with Crippen molar-refractivity contribution in [2.75, 3.05) is 39.3 Å².